The normalized spacial score (nSPS) is 11.1. The summed E-state index contributed by atoms with van der Waals surface area (Å²) in [6.07, 6.45) is 5.16. The number of aromatic nitrogens is 8. The lowest BCUT2D eigenvalue weighted by Crippen LogP contribution is -2.22. The minimum atomic E-state index is -0.177. The lowest BCUT2D eigenvalue weighted by Gasteiger charge is -2.13. The molecule has 33 heavy (non-hydrogen) atoms. The van der Waals surface area contributed by atoms with Gasteiger partial charge in [-0.1, -0.05) is 35.0 Å². The van der Waals surface area contributed by atoms with Crippen molar-refractivity contribution < 1.29 is 0 Å². The van der Waals surface area contributed by atoms with Gasteiger partial charge in [-0.05, 0) is 30.7 Å². The number of nitrogens with zero attached hydrogens (tertiary/aromatic N) is 7. The smallest absolute Gasteiger partial charge is 0.260 e. The Morgan fingerprint density at radius 3 is 2.76 bits per heavy atom. The molecule has 5 rings (SSSR count). The van der Waals surface area contributed by atoms with Crippen molar-refractivity contribution >= 4 is 28.6 Å². The number of fused-ring (bicyclic) bond motifs is 1. The van der Waals surface area contributed by atoms with Gasteiger partial charge in [-0.25, -0.2) is 4.98 Å². The molecule has 5 aromatic rings. The first kappa shape index (κ1) is 20.7. The maximum atomic E-state index is 13.4. The lowest BCUT2D eigenvalue weighted by atomic mass is 10.0. The predicted octanol–water partition coefficient (Wildman–Crippen LogP) is 3.32. The summed E-state index contributed by atoms with van der Waals surface area (Å²) in [5.74, 6) is 0.840. The molecule has 0 radical (unpaired) electrons. The van der Waals surface area contributed by atoms with Gasteiger partial charge in [0.15, 0.2) is 5.82 Å². The first-order valence-electron chi connectivity index (χ1n) is 10.2. The zero-order valence-electron chi connectivity index (χ0n) is 17.5. The average molecular weight is 460 g/mol. The van der Waals surface area contributed by atoms with Crippen molar-refractivity contribution in [1.82, 2.24) is 40.1 Å². The van der Waals surface area contributed by atoms with Gasteiger partial charge in [-0.2, -0.15) is 10.2 Å². The number of anilines is 1. The summed E-state index contributed by atoms with van der Waals surface area (Å²) in [4.78, 5) is 26.4. The van der Waals surface area contributed by atoms with Crippen LogP contribution in [0.4, 0.5) is 5.95 Å². The van der Waals surface area contributed by atoms with E-state index in [1.54, 1.807) is 29.2 Å². The highest BCUT2D eigenvalue weighted by Gasteiger charge is 2.15. The second-order valence-corrected chi connectivity index (χ2v) is 7.61. The Labute approximate surface area is 192 Å². The van der Waals surface area contributed by atoms with E-state index in [2.05, 4.69) is 40.9 Å². The van der Waals surface area contributed by atoms with Crippen LogP contribution in [-0.4, -0.2) is 40.1 Å². The first-order valence-corrected chi connectivity index (χ1v) is 10.6. The van der Waals surface area contributed by atoms with Crippen LogP contribution in [0.25, 0.3) is 33.3 Å². The fourth-order valence-electron chi connectivity index (χ4n) is 3.59. The van der Waals surface area contributed by atoms with Crippen molar-refractivity contribution in [1.29, 1.82) is 0 Å². The molecular formula is C22H18ClN9O. The van der Waals surface area contributed by atoms with Crippen molar-refractivity contribution in [2.75, 3.05) is 5.32 Å². The van der Waals surface area contributed by atoms with Crippen LogP contribution in [0.3, 0.4) is 0 Å². The average Bonchev–Trinajstić information content (AvgIpc) is 3.37. The van der Waals surface area contributed by atoms with Crippen molar-refractivity contribution in [3.63, 3.8) is 0 Å². The molecule has 4 heterocycles. The van der Waals surface area contributed by atoms with Gasteiger partial charge in [0.05, 0.1) is 6.54 Å². The molecule has 0 saturated heterocycles. The third kappa shape index (κ3) is 4.03. The number of aromatic amines is 1. The minimum Gasteiger partial charge on any atom is -0.347 e. The van der Waals surface area contributed by atoms with Crippen LogP contribution in [-0.2, 0) is 13.1 Å². The van der Waals surface area contributed by atoms with Crippen molar-refractivity contribution in [3.05, 3.63) is 76.2 Å². The van der Waals surface area contributed by atoms with Crippen LogP contribution in [0, 0.1) is 0 Å². The fraction of sp³-hybridized carbons (Fsp3) is 0.136. The molecule has 4 aromatic heterocycles. The van der Waals surface area contributed by atoms with Crippen LogP contribution in [0.1, 0.15) is 12.7 Å². The molecule has 0 aliphatic rings. The summed E-state index contributed by atoms with van der Waals surface area (Å²) in [7, 11) is 0. The van der Waals surface area contributed by atoms with Gasteiger partial charge in [-0.15, -0.1) is 10.2 Å². The van der Waals surface area contributed by atoms with Crippen LogP contribution in [0.2, 0.25) is 5.02 Å². The molecule has 0 spiro atoms. The van der Waals surface area contributed by atoms with E-state index in [4.69, 9.17) is 11.6 Å². The zero-order chi connectivity index (χ0) is 22.8. The quantitative estimate of drug-likeness (QED) is 0.396. The Bertz CT molecular complexity index is 1480. The highest BCUT2D eigenvalue weighted by atomic mass is 35.5. The van der Waals surface area contributed by atoms with Gasteiger partial charge >= 0.3 is 0 Å². The van der Waals surface area contributed by atoms with Gasteiger partial charge in [0, 0.05) is 52.2 Å². The second kappa shape index (κ2) is 8.75. The molecular weight excluding hydrogens is 442 g/mol. The van der Waals surface area contributed by atoms with Gasteiger partial charge in [-0.3, -0.25) is 14.3 Å². The topological polar surface area (TPSA) is 127 Å². The summed E-state index contributed by atoms with van der Waals surface area (Å²) >= 11 is 6.62. The Kier molecular flexibility index (Phi) is 5.49. The number of hydrogen-bond donors (Lipinski definition) is 2. The van der Waals surface area contributed by atoms with E-state index >= 15 is 0 Å². The van der Waals surface area contributed by atoms with Crippen molar-refractivity contribution in [2.45, 2.75) is 20.0 Å². The molecule has 11 heteroatoms. The highest BCUT2D eigenvalue weighted by Crippen LogP contribution is 2.31. The molecule has 0 fully saturated rings. The largest absolute Gasteiger partial charge is 0.347 e. The third-order valence-corrected chi connectivity index (χ3v) is 5.50. The zero-order valence-corrected chi connectivity index (χ0v) is 18.3. The minimum absolute atomic E-state index is 0.177. The van der Waals surface area contributed by atoms with Gasteiger partial charge in [0.1, 0.15) is 5.65 Å². The van der Waals surface area contributed by atoms with Crippen LogP contribution in [0.15, 0.2) is 59.8 Å². The molecule has 164 valence electrons. The number of tetrazole rings is 1. The van der Waals surface area contributed by atoms with Crippen molar-refractivity contribution in [2.24, 2.45) is 0 Å². The molecule has 1 aromatic carbocycles. The van der Waals surface area contributed by atoms with E-state index in [0.717, 1.165) is 16.5 Å². The molecule has 0 saturated carbocycles. The highest BCUT2D eigenvalue weighted by molar-refractivity contribution is 6.33. The predicted molar refractivity (Wildman–Crippen MR) is 125 cm³/mol. The molecule has 0 aliphatic carbocycles. The number of halogens is 1. The van der Waals surface area contributed by atoms with Crippen LogP contribution < -0.4 is 10.9 Å². The number of H-pyrrole nitrogens is 1. The van der Waals surface area contributed by atoms with Crippen molar-refractivity contribution in [3.8, 4) is 22.3 Å². The maximum absolute atomic E-state index is 13.4. The summed E-state index contributed by atoms with van der Waals surface area (Å²) in [6.45, 7) is 2.64. The van der Waals surface area contributed by atoms with Gasteiger partial charge in [0.2, 0.25) is 5.95 Å². The van der Waals surface area contributed by atoms with E-state index in [1.165, 1.54) is 0 Å². The molecule has 0 atom stereocenters. The second-order valence-electron chi connectivity index (χ2n) is 7.20. The first-order chi connectivity index (χ1) is 16.1. The number of pyridine rings is 2. The van der Waals surface area contributed by atoms with Crippen LogP contribution in [0.5, 0.6) is 0 Å². The Balaban J connectivity index is 1.54. The summed E-state index contributed by atoms with van der Waals surface area (Å²) in [6, 6.07) is 11.2. The van der Waals surface area contributed by atoms with E-state index in [0.29, 0.717) is 46.7 Å². The Hall–Kier alpha value is -4.18. The third-order valence-electron chi connectivity index (χ3n) is 5.19. The Morgan fingerprint density at radius 1 is 1.12 bits per heavy atom. The number of benzene rings is 1. The summed E-state index contributed by atoms with van der Waals surface area (Å²) < 4.78 is 1.61. The molecule has 2 N–H and O–H groups in total. The fourth-order valence-corrected chi connectivity index (χ4v) is 3.87. The standard InChI is InChI=1S/C22H18ClN9O/c1-2-32-20-15(11-25-22(27-20)26-12-19-28-30-31-29-19)8-17(21(32)33)16-6-5-13(9-18(16)23)14-4-3-7-24-10-14/h3-11H,2,12H2,1H3,(H,25,26,27)(H,28,29,30,31). The molecule has 0 aliphatic heterocycles. The van der Waals surface area contributed by atoms with Crippen LogP contribution >= 0.6 is 11.6 Å². The van der Waals surface area contributed by atoms with E-state index in [9.17, 15) is 4.79 Å². The summed E-state index contributed by atoms with van der Waals surface area (Å²) in [5.41, 5.74) is 3.36. The number of aryl methyl sites for hydroxylation is 1. The molecule has 10 nitrogen and oxygen atoms in total. The monoisotopic (exact) mass is 459 g/mol. The van der Waals surface area contributed by atoms with E-state index < -0.39 is 0 Å². The number of nitrogens with one attached hydrogen (secondary N) is 2. The number of hydrogen-bond acceptors (Lipinski definition) is 8. The lowest BCUT2D eigenvalue weighted by molar-refractivity contribution is 0.750. The summed E-state index contributed by atoms with van der Waals surface area (Å²) in [5, 5.41) is 17.9. The molecule has 0 unspecified atom stereocenters. The molecule has 0 amide bonds. The SMILES string of the molecule is CCn1c(=O)c(-c2ccc(-c3cccnc3)cc2Cl)cc2cnc(NCc3nn[nH]n3)nc21. The van der Waals surface area contributed by atoms with Gasteiger partial charge < -0.3 is 5.32 Å². The Morgan fingerprint density at radius 2 is 2.03 bits per heavy atom. The maximum Gasteiger partial charge on any atom is 0.260 e. The molecule has 0 bridgehead atoms. The van der Waals surface area contributed by atoms with E-state index in [-0.39, 0.29) is 5.56 Å². The van der Waals surface area contributed by atoms with Gasteiger partial charge in [0.25, 0.3) is 5.56 Å². The van der Waals surface area contributed by atoms with E-state index in [1.807, 2.05) is 37.3 Å². The number of rotatable bonds is 6.